The molecule has 0 radical (unpaired) electrons. The molecule has 2 aromatic rings. The molecule has 2 heterocycles. The minimum Gasteiger partial charge on any atom is -0.359 e. The maximum Gasteiger partial charge on any atom is 0.247 e. The van der Waals surface area contributed by atoms with Crippen molar-refractivity contribution in [1.29, 1.82) is 5.26 Å². The zero-order valence-corrected chi connectivity index (χ0v) is 15.9. The van der Waals surface area contributed by atoms with Gasteiger partial charge in [-0.3, -0.25) is 4.79 Å². The van der Waals surface area contributed by atoms with Crippen LogP contribution in [0.2, 0.25) is 0 Å². The van der Waals surface area contributed by atoms with Gasteiger partial charge in [0.1, 0.15) is 17.1 Å². The van der Waals surface area contributed by atoms with Gasteiger partial charge in [-0.15, -0.1) is 11.3 Å². The van der Waals surface area contributed by atoms with Gasteiger partial charge < -0.3 is 10.2 Å². The lowest BCUT2D eigenvalue weighted by atomic mass is 10.1. The van der Waals surface area contributed by atoms with Gasteiger partial charge in [-0.05, 0) is 56.2 Å². The largest absolute Gasteiger partial charge is 0.359 e. The van der Waals surface area contributed by atoms with Crippen LogP contribution in [0.25, 0.3) is 0 Å². The van der Waals surface area contributed by atoms with Crippen LogP contribution >= 0.6 is 11.3 Å². The summed E-state index contributed by atoms with van der Waals surface area (Å²) >= 11 is 1.60. The number of rotatable bonds is 3. The number of amides is 1. The van der Waals surface area contributed by atoms with Gasteiger partial charge in [0.25, 0.3) is 0 Å². The molecule has 2 aliphatic rings. The fourth-order valence-corrected chi connectivity index (χ4v) is 5.32. The number of carbonyl (C=O) groups excluding carboxylic acids is 1. The summed E-state index contributed by atoms with van der Waals surface area (Å²) in [6.45, 7) is 2.81. The summed E-state index contributed by atoms with van der Waals surface area (Å²) in [5.74, 6) is -0.0328. The zero-order valence-electron chi connectivity index (χ0n) is 15.0. The fourth-order valence-electron chi connectivity index (χ4n) is 4.07. The molecule has 0 spiro atoms. The third-order valence-corrected chi connectivity index (χ3v) is 6.75. The molecular weight excluding hydrogens is 342 g/mol. The van der Waals surface area contributed by atoms with E-state index in [9.17, 15) is 10.1 Å². The molecule has 1 aliphatic carbocycles. The average Bonchev–Trinajstić information content (AvgIpc) is 3.14. The molecule has 1 aliphatic heterocycles. The first-order chi connectivity index (χ1) is 12.7. The standard InChI is InChI=1S/C21H23N3OS/c1-14(24-12-11-15-7-5-6-9-18(15)24)20(25)23-21-17(13-22)16-8-3-2-4-10-19(16)26-21/h5-7,9,14H,2-4,8,10-12H2,1H3,(H,23,25)/t14-/m1/s1. The van der Waals surface area contributed by atoms with Crippen LogP contribution < -0.4 is 10.2 Å². The maximum atomic E-state index is 12.9. The van der Waals surface area contributed by atoms with Crippen molar-refractivity contribution < 1.29 is 4.79 Å². The number of fused-ring (bicyclic) bond motifs is 2. The third-order valence-electron chi connectivity index (χ3n) is 5.54. The Kier molecular flexibility index (Phi) is 4.69. The van der Waals surface area contributed by atoms with Crippen LogP contribution in [0.4, 0.5) is 10.7 Å². The number of hydrogen-bond donors (Lipinski definition) is 1. The molecule has 4 nitrogen and oxygen atoms in total. The number of nitrogens with one attached hydrogen (secondary N) is 1. The van der Waals surface area contributed by atoms with Crippen molar-refractivity contribution >= 4 is 27.9 Å². The lowest BCUT2D eigenvalue weighted by Crippen LogP contribution is -2.41. The Morgan fingerprint density at radius 2 is 2.04 bits per heavy atom. The van der Waals surface area contributed by atoms with Gasteiger partial charge in [0.05, 0.1) is 5.56 Å². The summed E-state index contributed by atoms with van der Waals surface area (Å²) in [4.78, 5) is 16.4. The van der Waals surface area contributed by atoms with Crippen LogP contribution in [0.1, 0.15) is 47.8 Å². The van der Waals surface area contributed by atoms with Crippen molar-refractivity contribution in [3.05, 3.63) is 45.8 Å². The molecule has 1 aromatic carbocycles. The summed E-state index contributed by atoms with van der Waals surface area (Å²) in [6.07, 6.45) is 6.49. The van der Waals surface area contributed by atoms with Gasteiger partial charge >= 0.3 is 0 Å². The van der Waals surface area contributed by atoms with Crippen LogP contribution in [-0.4, -0.2) is 18.5 Å². The Hall–Kier alpha value is -2.32. The van der Waals surface area contributed by atoms with Gasteiger partial charge in [0, 0.05) is 17.1 Å². The molecule has 1 N–H and O–H groups in total. The van der Waals surface area contributed by atoms with Crippen LogP contribution in [0.15, 0.2) is 24.3 Å². The first-order valence-corrected chi connectivity index (χ1v) is 10.2. The minimum atomic E-state index is -0.257. The molecule has 1 amide bonds. The quantitative estimate of drug-likeness (QED) is 0.826. The van der Waals surface area contributed by atoms with E-state index in [-0.39, 0.29) is 11.9 Å². The summed E-state index contributed by atoms with van der Waals surface area (Å²) in [7, 11) is 0. The fraction of sp³-hybridized carbons (Fsp3) is 0.429. The van der Waals surface area contributed by atoms with E-state index in [4.69, 9.17) is 0 Å². The Morgan fingerprint density at radius 3 is 2.88 bits per heavy atom. The Balaban J connectivity index is 1.55. The molecule has 1 atom stereocenters. The van der Waals surface area contributed by atoms with Gasteiger partial charge in [-0.2, -0.15) is 5.26 Å². The Bertz CT molecular complexity index is 880. The normalized spacial score (nSPS) is 17.0. The summed E-state index contributed by atoms with van der Waals surface area (Å²) in [5, 5.41) is 13.4. The lowest BCUT2D eigenvalue weighted by Gasteiger charge is -2.26. The average molecular weight is 366 g/mol. The molecule has 0 unspecified atom stereocenters. The maximum absolute atomic E-state index is 12.9. The molecule has 26 heavy (non-hydrogen) atoms. The number of benzene rings is 1. The lowest BCUT2D eigenvalue weighted by molar-refractivity contribution is -0.117. The van der Waals surface area contributed by atoms with Crippen molar-refractivity contribution in [3.63, 3.8) is 0 Å². The first kappa shape index (κ1) is 17.1. The van der Waals surface area contributed by atoms with E-state index < -0.39 is 0 Å². The highest BCUT2D eigenvalue weighted by Crippen LogP contribution is 2.37. The molecule has 134 valence electrons. The molecule has 4 rings (SSSR count). The van der Waals surface area contributed by atoms with Gasteiger partial charge in [-0.25, -0.2) is 0 Å². The zero-order chi connectivity index (χ0) is 18.1. The Labute approximate surface area is 158 Å². The van der Waals surface area contributed by atoms with Gasteiger partial charge in [0.15, 0.2) is 0 Å². The number of anilines is 2. The number of thiophene rings is 1. The molecular formula is C21H23N3OS. The molecule has 0 saturated heterocycles. The Morgan fingerprint density at radius 1 is 1.23 bits per heavy atom. The molecule has 0 fully saturated rings. The smallest absolute Gasteiger partial charge is 0.247 e. The highest BCUT2D eigenvalue weighted by atomic mass is 32.1. The van der Waals surface area contributed by atoms with Crippen LogP contribution in [0.5, 0.6) is 0 Å². The van der Waals surface area contributed by atoms with Crippen molar-refractivity contribution in [1.82, 2.24) is 0 Å². The predicted octanol–water partition coefficient (Wildman–Crippen LogP) is 4.28. The number of carbonyl (C=O) groups is 1. The predicted molar refractivity (Wildman–Crippen MR) is 106 cm³/mol. The van der Waals surface area contributed by atoms with E-state index in [1.807, 2.05) is 19.1 Å². The van der Waals surface area contributed by atoms with Crippen LogP contribution in [0, 0.1) is 11.3 Å². The van der Waals surface area contributed by atoms with Crippen LogP contribution in [0.3, 0.4) is 0 Å². The van der Waals surface area contributed by atoms with E-state index in [1.54, 1.807) is 11.3 Å². The van der Waals surface area contributed by atoms with E-state index in [2.05, 4.69) is 28.4 Å². The topological polar surface area (TPSA) is 56.1 Å². The highest BCUT2D eigenvalue weighted by molar-refractivity contribution is 7.16. The number of nitrogens with zero attached hydrogens (tertiary/aromatic N) is 2. The number of para-hydroxylation sites is 1. The second-order valence-electron chi connectivity index (χ2n) is 7.12. The van der Waals surface area contributed by atoms with E-state index >= 15 is 0 Å². The monoisotopic (exact) mass is 365 g/mol. The summed E-state index contributed by atoms with van der Waals surface area (Å²) in [5.41, 5.74) is 4.31. The van der Waals surface area contributed by atoms with Gasteiger partial charge in [0.2, 0.25) is 5.91 Å². The first-order valence-electron chi connectivity index (χ1n) is 9.39. The van der Waals surface area contributed by atoms with E-state index in [1.165, 1.54) is 28.8 Å². The number of hydrogen-bond acceptors (Lipinski definition) is 4. The minimum absolute atomic E-state index is 0.0328. The SMILES string of the molecule is C[C@H](C(=O)Nc1sc2c(c1C#N)CCCCC2)N1CCc2ccccc21. The number of aryl methyl sites for hydroxylation is 1. The van der Waals surface area contributed by atoms with E-state index in [0.717, 1.165) is 42.9 Å². The molecule has 0 bridgehead atoms. The highest BCUT2D eigenvalue weighted by Gasteiger charge is 2.29. The van der Waals surface area contributed by atoms with Crippen molar-refractivity contribution in [2.75, 3.05) is 16.8 Å². The summed E-state index contributed by atoms with van der Waals surface area (Å²) < 4.78 is 0. The summed E-state index contributed by atoms with van der Waals surface area (Å²) in [6, 6.07) is 10.4. The number of nitriles is 1. The molecule has 0 saturated carbocycles. The van der Waals surface area contributed by atoms with Crippen LogP contribution in [-0.2, 0) is 24.1 Å². The second-order valence-corrected chi connectivity index (χ2v) is 8.22. The third kappa shape index (κ3) is 2.99. The second kappa shape index (κ2) is 7.13. The van der Waals surface area contributed by atoms with Crippen molar-refractivity contribution in [2.24, 2.45) is 0 Å². The van der Waals surface area contributed by atoms with E-state index in [0.29, 0.717) is 5.56 Å². The van der Waals surface area contributed by atoms with Crippen molar-refractivity contribution in [2.45, 2.75) is 51.5 Å². The van der Waals surface area contributed by atoms with Gasteiger partial charge in [-0.1, -0.05) is 24.6 Å². The molecule has 5 heteroatoms. The van der Waals surface area contributed by atoms with Crippen molar-refractivity contribution in [3.8, 4) is 6.07 Å². The molecule has 1 aromatic heterocycles.